The van der Waals surface area contributed by atoms with E-state index < -0.39 is 5.82 Å². The Bertz CT molecular complexity index is 784. The van der Waals surface area contributed by atoms with Gasteiger partial charge in [0, 0.05) is 7.05 Å². The van der Waals surface area contributed by atoms with Gasteiger partial charge in [-0.3, -0.25) is 9.48 Å². The van der Waals surface area contributed by atoms with Crippen molar-refractivity contribution < 1.29 is 19.0 Å². The van der Waals surface area contributed by atoms with E-state index in [-0.39, 0.29) is 29.7 Å². The number of halogens is 1. The topological polar surface area (TPSA) is 76.4 Å². The lowest BCUT2D eigenvalue weighted by atomic mass is 9.75. The van der Waals surface area contributed by atoms with E-state index in [0.29, 0.717) is 24.1 Å². The van der Waals surface area contributed by atoms with Crippen molar-refractivity contribution >= 4 is 5.91 Å². The van der Waals surface area contributed by atoms with Gasteiger partial charge in [0.25, 0.3) is 5.91 Å². The summed E-state index contributed by atoms with van der Waals surface area (Å²) in [6, 6.07) is 5.99. The minimum absolute atomic E-state index is 0.0565. The molecule has 1 aromatic carbocycles. The Balaban J connectivity index is 1.86. The van der Waals surface area contributed by atoms with Crippen LogP contribution < -0.4 is 10.1 Å². The zero-order chi connectivity index (χ0) is 18.1. The molecule has 0 aliphatic heterocycles. The van der Waals surface area contributed by atoms with Crippen molar-refractivity contribution in [3.05, 3.63) is 47.0 Å². The first-order chi connectivity index (χ1) is 11.9. The Morgan fingerprint density at radius 1 is 1.44 bits per heavy atom. The Labute approximate surface area is 145 Å². The van der Waals surface area contributed by atoms with Gasteiger partial charge in [0.15, 0.2) is 11.6 Å². The van der Waals surface area contributed by atoms with Crippen molar-refractivity contribution in [3.63, 3.8) is 0 Å². The summed E-state index contributed by atoms with van der Waals surface area (Å²) in [6.07, 6.45) is 0.776. The SMILES string of the molecule is COc1ccc([C@@H](NC(=O)c2cc(C)nn2C)C2CC(O)C2)cc1F. The van der Waals surface area contributed by atoms with E-state index in [1.165, 1.54) is 17.9 Å². The number of carbonyl (C=O) groups is 1. The number of benzene rings is 1. The van der Waals surface area contributed by atoms with Gasteiger partial charge in [-0.1, -0.05) is 6.07 Å². The molecule has 0 bridgehead atoms. The largest absolute Gasteiger partial charge is 0.494 e. The molecule has 0 unspecified atom stereocenters. The summed E-state index contributed by atoms with van der Waals surface area (Å²) in [4.78, 5) is 12.6. The summed E-state index contributed by atoms with van der Waals surface area (Å²) >= 11 is 0. The molecule has 7 heteroatoms. The fraction of sp³-hybridized carbons (Fsp3) is 0.444. The van der Waals surface area contributed by atoms with Crippen LogP contribution in [0.4, 0.5) is 4.39 Å². The second-order valence-electron chi connectivity index (χ2n) is 6.52. The first kappa shape index (κ1) is 17.4. The minimum Gasteiger partial charge on any atom is -0.494 e. The number of carbonyl (C=O) groups excluding carboxylic acids is 1. The van der Waals surface area contributed by atoms with Crippen LogP contribution >= 0.6 is 0 Å². The maximum Gasteiger partial charge on any atom is 0.270 e. The molecular weight excluding hydrogens is 325 g/mol. The normalized spacial score (nSPS) is 20.7. The van der Waals surface area contributed by atoms with E-state index in [4.69, 9.17) is 4.74 Å². The van der Waals surface area contributed by atoms with E-state index >= 15 is 0 Å². The number of nitrogens with zero attached hydrogens (tertiary/aromatic N) is 2. The van der Waals surface area contributed by atoms with Crippen molar-refractivity contribution in [2.75, 3.05) is 7.11 Å². The molecule has 1 saturated carbocycles. The van der Waals surface area contributed by atoms with Crippen LogP contribution in [0.3, 0.4) is 0 Å². The third kappa shape index (κ3) is 3.51. The summed E-state index contributed by atoms with van der Waals surface area (Å²) < 4.78 is 20.6. The van der Waals surface area contributed by atoms with Crippen LogP contribution in [0.1, 0.15) is 40.6 Å². The lowest BCUT2D eigenvalue weighted by molar-refractivity contribution is 0.0233. The highest BCUT2D eigenvalue weighted by Gasteiger charge is 2.36. The molecule has 1 amide bonds. The molecule has 134 valence electrons. The Kier molecular flexibility index (Phi) is 4.76. The number of aromatic nitrogens is 2. The van der Waals surface area contributed by atoms with Crippen LogP contribution in [0.15, 0.2) is 24.3 Å². The maximum absolute atomic E-state index is 14.1. The number of aliphatic hydroxyl groups excluding tert-OH is 1. The summed E-state index contributed by atoms with van der Waals surface area (Å²) in [6.45, 7) is 1.81. The molecular formula is C18H22FN3O3. The van der Waals surface area contributed by atoms with Crippen molar-refractivity contribution in [1.82, 2.24) is 15.1 Å². The third-order valence-corrected chi connectivity index (χ3v) is 4.68. The number of methoxy groups -OCH3 is 1. The number of rotatable bonds is 5. The van der Waals surface area contributed by atoms with Gasteiger partial charge in [-0.05, 0) is 49.4 Å². The van der Waals surface area contributed by atoms with Crippen LogP contribution in [-0.4, -0.2) is 34.0 Å². The zero-order valence-electron chi connectivity index (χ0n) is 14.5. The standard InChI is InChI=1S/C18H22FN3O3/c1-10-6-15(22(2)21-10)18(24)20-17(12-7-13(23)8-12)11-4-5-16(25-3)14(19)9-11/h4-6,9,12-13,17,23H,7-8H2,1-3H3,(H,20,24)/t12?,13?,17-/m1/s1. The summed E-state index contributed by atoms with van der Waals surface area (Å²) in [7, 11) is 3.11. The number of nitrogens with one attached hydrogen (secondary N) is 1. The average Bonchev–Trinajstić information content (AvgIpc) is 2.88. The van der Waals surface area contributed by atoms with Gasteiger partial charge in [-0.2, -0.15) is 5.10 Å². The van der Waals surface area contributed by atoms with Crippen LogP contribution in [0.25, 0.3) is 0 Å². The first-order valence-electron chi connectivity index (χ1n) is 8.22. The van der Waals surface area contributed by atoms with E-state index in [1.54, 1.807) is 25.2 Å². The molecule has 0 spiro atoms. The molecule has 25 heavy (non-hydrogen) atoms. The van der Waals surface area contributed by atoms with Gasteiger partial charge >= 0.3 is 0 Å². The fourth-order valence-corrected chi connectivity index (χ4v) is 3.29. The number of amides is 1. The minimum atomic E-state index is -0.476. The molecule has 1 aromatic heterocycles. The van der Waals surface area contributed by atoms with Crippen LogP contribution in [0, 0.1) is 18.7 Å². The number of aryl methyl sites for hydroxylation is 2. The summed E-state index contributed by atoms with van der Waals surface area (Å²) in [5.74, 6) is -0.535. The predicted octanol–water partition coefficient (Wildman–Crippen LogP) is 2.12. The number of hydrogen-bond acceptors (Lipinski definition) is 4. The van der Waals surface area contributed by atoms with Crippen molar-refractivity contribution in [1.29, 1.82) is 0 Å². The Hall–Kier alpha value is -2.41. The summed E-state index contributed by atoms with van der Waals surface area (Å²) in [5, 5.41) is 16.8. The summed E-state index contributed by atoms with van der Waals surface area (Å²) in [5.41, 5.74) is 1.84. The van der Waals surface area contributed by atoms with E-state index in [9.17, 15) is 14.3 Å². The number of aliphatic hydroxyl groups is 1. The van der Waals surface area contributed by atoms with Gasteiger partial charge in [0.1, 0.15) is 5.69 Å². The molecule has 1 aliphatic carbocycles. The second kappa shape index (κ2) is 6.84. The van der Waals surface area contributed by atoms with Crippen molar-refractivity contribution in [2.45, 2.75) is 31.9 Å². The van der Waals surface area contributed by atoms with Crippen molar-refractivity contribution in [3.8, 4) is 5.75 Å². The molecule has 1 aliphatic rings. The highest BCUT2D eigenvalue weighted by molar-refractivity contribution is 5.93. The molecule has 2 aromatic rings. The van der Waals surface area contributed by atoms with Crippen molar-refractivity contribution in [2.24, 2.45) is 13.0 Å². The molecule has 3 rings (SSSR count). The van der Waals surface area contributed by atoms with Crippen LogP contribution in [-0.2, 0) is 7.05 Å². The van der Waals surface area contributed by atoms with E-state index in [1.807, 2.05) is 6.92 Å². The fourth-order valence-electron chi connectivity index (χ4n) is 3.29. The monoisotopic (exact) mass is 347 g/mol. The lowest BCUT2D eigenvalue weighted by Crippen LogP contribution is -2.41. The number of hydrogen-bond donors (Lipinski definition) is 2. The Morgan fingerprint density at radius 2 is 2.16 bits per heavy atom. The van der Waals surface area contributed by atoms with Crippen LogP contribution in [0.2, 0.25) is 0 Å². The van der Waals surface area contributed by atoms with Crippen LogP contribution in [0.5, 0.6) is 5.75 Å². The smallest absolute Gasteiger partial charge is 0.270 e. The highest BCUT2D eigenvalue weighted by atomic mass is 19.1. The van der Waals surface area contributed by atoms with Gasteiger partial charge in [0.05, 0.1) is 24.9 Å². The quantitative estimate of drug-likeness (QED) is 0.869. The van der Waals surface area contributed by atoms with E-state index in [2.05, 4.69) is 10.4 Å². The molecule has 2 N–H and O–H groups in total. The van der Waals surface area contributed by atoms with E-state index in [0.717, 1.165) is 5.69 Å². The predicted molar refractivity (Wildman–Crippen MR) is 89.8 cm³/mol. The Morgan fingerprint density at radius 3 is 2.68 bits per heavy atom. The van der Waals surface area contributed by atoms with Gasteiger partial charge in [0.2, 0.25) is 0 Å². The zero-order valence-corrected chi connectivity index (χ0v) is 14.5. The molecule has 6 nitrogen and oxygen atoms in total. The van der Waals surface area contributed by atoms with Gasteiger partial charge in [-0.15, -0.1) is 0 Å². The van der Waals surface area contributed by atoms with Gasteiger partial charge in [-0.25, -0.2) is 4.39 Å². The third-order valence-electron chi connectivity index (χ3n) is 4.68. The average molecular weight is 347 g/mol. The molecule has 1 heterocycles. The number of ether oxygens (including phenoxy) is 1. The molecule has 0 saturated heterocycles. The molecule has 1 fully saturated rings. The lowest BCUT2D eigenvalue weighted by Gasteiger charge is -2.38. The highest BCUT2D eigenvalue weighted by Crippen LogP contribution is 2.39. The first-order valence-corrected chi connectivity index (χ1v) is 8.22. The second-order valence-corrected chi connectivity index (χ2v) is 6.52. The maximum atomic E-state index is 14.1. The molecule has 0 radical (unpaired) electrons. The molecule has 1 atom stereocenters. The van der Waals surface area contributed by atoms with Gasteiger partial charge < -0.3 is 15.2 Å².